The van der Waals surface area contributed by atoms with Crippen molar-refractivity contribution in [2.24, 2.45) is 0 Å². The number of aryl methyl sites for hydroxylation is 2. The molecule has 2 aromatic carbocycles. The zero-order chi connectivity index (χ0) is 16.4. The number of nitriles is 1. The van der Waals surface area contributed by atoms with Crippen LogP contribution in [0.3, 0.4) is 0 Å². The second kappa shape index (κ2) is 5.85. The molecule has 5 nitrogen and oxygen atoms in total. The first kappa shape index (κ1) is 14.7. The number of benzene rings is 2. The van der Waals surface area contributed by atoms with E-state index < -0.39 is 0 Å². The van der Waals surface area contributed by atoms with Gasteiger partial charge in [0.1, 0.15) is 5.75 Å². The van der Waals surface area contributed by atoms with Gasteiger partial charge in [0, 0.05) is 18.0 Å². The van der Waals surface area contributed by atoms with E-state index in [4.69, 9.17) is 15.7 Å². The van der Waals surface area contributed by atoms with Gasteiger partial charge >= 0.3 is 0 Å². The lowest BCUT2D eigenvalue weighted by Crippen LogP contribution is -1.97. The third-order valence-electron chi connectivity index (χ3n) is 3.60. The standard InChI is InChI=1S/C18H16N4O/c1-12-10-17(13(2)9-16(12)20)23-18-7-8-22(21-18)15-5-3-14(11-19)4-6-15/h3-10H,20H2,1-2H3. The lowest BCUT2D eigenvalue weighted by molar-refractivity contribution is 0.454. The summed E-state index contributed by atoms with van der Waals surface area (Å²) < 4.78 is 7.56. The molecule has 1 aromatic heterocycles. The van der Waals surface area contributed by atoms with Crippen molar-refractivity contribution < 1.29 is 4.74 Å². The number of ether oxygens (including phenoxy) is 1. The summed E-state index contributed by atoms with van der Waals surface area (Å²) in [7, 11) is 0. The molecular weight excluding hydrogens is 288 g/mol. The zero-order valence-corrected chi connectivity index (χ0v) is 12.9. The van der Waals surface area contributed by atoms with Crippen molar-refractivity contribution in [1.82, 2.24) is 9.78 Å². The van der Waals surface area contributed by atoms with Crippen LogP contribution in [-0.2, 0) is 0 Å². The molecule has 0 fully saturated rings. The summed E-state index contributed by atoms with van der Waals surface area (Å²) in [6.07, 6.45) is 1.82. The number of hydrogen-bond acceptors (Lipinski definition) is 4. The Bertz CT molecular complexity index is 888. The molecule has 0 bridgehead atoms. The van der Waals surface area contributed by atoms with Crippen LogP contribution in [0.4, 0.5) is 5.69 Å². The minimum Gasteiger partial charge on any atom is -0.437 e. The zero-order valence-electron chi connectivity index (χ0n) is 12.9. The van der Waals surface area contributed by atoms with Crippen molar-refractivity contribution in [3.05, 3.63) is 65.4 Å². The Labute approximate surface area is 134 Å². The molecular formula is C18H16N4O. The lowest BCUT2D eigenvalue weighted by Gasteiger charge is -2.09. The molecule has 0 aliphatic heterocycles. The molecule has 3 rings (SSSR count). The lowest BCUT2D eigenvalue weighted by atomic mass is 10.1. The Morgan fingerprint density at radius 3 is 2.52 bits per heavy atom. The van der Waals surface area contributed by atoms with Crippen LogP contribution in [0, 0.1) is 25.2 Å². The average Bonchev–Trinajstić information content (AvgIpc) is 3.01. The maximum atomic E-state index is 8.83. The minimum absolute atomic E-state index is 0.502. The van der Waals surface area contributed by atoms with Gasteiger partial charge in [0.25, 0.3) is 0 Å². The first-order chi connectivity index (χ1) is 11.1. The molecule has 0 amide bonds. The number of nitrogens with zero attached hydrogens (tertiary/aromatic N) is 3. The predicted molar refractivity (Wildman–Crippen MR) is 88.7 cm³/mol. The summed E-state index contributed by atoms with van der Waals surface area (Å²) in [5, 5.41) is 13.2. The normalized spacial score (nSPS) is 10.3. The number of nitrogens with two attached hydrogens (primary N) is 1. The molecule has 114 valence electrons. The number of nitrogen functional groups attached to an aromatic ring is 1. The maximum absolute atomic E-state index is 8.83. The van der Waals surface area contributed by atoms with Gasteiger partial charge in [0.05, 0.1) is 17.3 Å². The van der Waals surface area contributed by atoms with Crippen LogP contribution in [-0.4, -0.2) is 9.78 Å². The van der Waals surface area contributed by atoms with Crippen LogP contribution in [0.5, 0.6) is 11.6 Å². The van der Waals surface area contributed by atoms with Gasteiger partial charge in [0.15, 0.2) is 0 Å². The fraction of sp³-hybridized carbons (Fsp3) is 0.111. The van der Waals surface area contributed by atoms with Gasteiger partial charge in [-0.05, 0) is 61.4 Å². The van der Waals surface area contributed by atoms with Gasteiger partial charge in [-0.2, -0.15) is 5.26 Å². The molecule has 0 atom stereocenters. The number of hydrogen-bond donors (Lipinski definition) is 1. The fourth-order valence-corrected chi connectivity index (χ4v) is 2.23. The fourth-order valence-electron chi connectivity index (χ4n) is 2.23. The third kappa shape index (κ3) is 3.01. The highest BCUT2D eigenvalue weighted by Crippen LogP contribution is 2.28. The Kier molecular flexibility index (Phi) is 3.73. The summed E-state index contributed by atoms with van der Waals surface area (Å²) in [5.41, 5.74) is 10.0. The number of aromatic nitrogens is 2. The average molecular weight is 304 g/mol. The van der Waals surface area contributed by atoms with Crippen LogP contribution >= 0.6 is 0 Å². The van der Waals surface area contributed by atoms with Gasteiger partial charge in [-0.3, -0.25) is 0 Å². The molecule has 5 heteroatoms. The van der Waals surface area contributed by atoms with E-state index in [2.05, 4.69) is 11.2 Å². The van der Waals surface area contributed by atoms with Gasteiger partial charge in [0.2, 0.25) is 5.88 Å². The van der Waals surface area contributed by atoms with Gasteiger partial charge < -0.3 is 10.5 Å². The van der Waals surface area contributed by atoms with Crippen molar-refractivity contribution in [2.45, 2.75) is 13.8 Å². The third-order valence-corrected chi connectivity index (χ3v) is 3.60. The molecule has 0 spiro atoms. The quantitative estimate of drug-likeness (QED) is 0.748. The SMILES string of the molecule is Cc1cc(Oc2ccn(-c3ccc(C#N)cc3)n2)c(C)cc1N. The maximum Gasteiger partial charge on any atom is 0.238 e. The highest BCUT2D eigenvalue weighted by Gasteiger charge is 2.08. The van der Waals surface area contributed by atoms with Crippen molar-refractivity contribution in [1.29, 1.82) is 5.26 Å². The molecule has 2 N–H and O–H groups in total. The topological polar surface area (TPSA) is 76.9 Å². The summed E-state index contributed by atoms with van der Waals surface area (Å²) in [4.78, 5) is 0. The smallest absolute Gasteiger partial charge is 0.238 e. The second-order valence-electron chi connectivity index (χ2n) is 5.33. The van der Waals surface area contributed by atoms with Crippen molar-refractivity contribution in [2.75, 3.05) is 5.73 Å². The highest BCUT2D eigenvalue weighted by molar-refractivity contribution is 5.54. The van der Waals surface area contributed by atoms with E-state index in [1.54, 1.807) is 22.9 Å². The van der Waals surface area contributed by atoms with Gasteiger partial charge in [-0.15, -0.1) is 5.10 Å². The summed E-state index contributed by atoms with van der Waals surface area (Å²) in [5.74, 6) is 1.24. The summed E-state index contributed by atoms with van der Waals surface area (Å²) >= 11 is 0. The number of anilines is 1. The van der Waals surface area contributed by atoms with E-state index in [1.165, 1.54) is 0 Å². The molecule has 1 heterocycles. The number of rotatable bonds is 3. The highest BCUT2D eigenvalue weighted by atomic mass is 16.5. The van der Waals surface area contributed by atoms with E-state index in [9.17, 15) is 0 Å². The van der Waals surface area contributed by atoms with Crippen LogP contribution in [0.25, 0.3) is 5.69 Å². The molecule has 23 heavy (non-hydrogen) atoms. The van der Waals surface area contributed by atoms with Gasteiger partial charge in [-0.25, -0.2) is 4.68 Å². The van der Waals surface area contributed by atoms with E-state index >= 15 is 0 Å². The molecule has 3 aromatic rings. The van der Waals surface area contributed by atoms with Crippen LogP contribution < -0.4 is 10.5 Å². The van der Waals surface area contributed by atoms with Crippen LogP contribution in [0.1, 0.15) is 16.7 Å². The summed E-state index contributed by atoms with van der Waals surface area (Å²) in [6, 6.07) is 14.9. The minimum atomic E-state index is 0.502. The summed E-state index contributed by atoms with van der Waals surface area (Å²) in [6.45, 7) is 3.89. The Morgan fingerprint density at radius 1 is 1.09 bits per heavy atom. The van der Waals surface area contributed by atoms with E-state index in [0.717, 1.165) is 28.3 Å². The van der Waals surface area contributed by atoms with Crippen LogP contribution in [0.2, 0.25) is 0 Å². The largest absolute Gasteiger partial charge is 0.437 e. The molecule has 0 aliphatic rings. The predicted octanol–water partition coefficient (Wildman–Crippen LogP) is 3.74. The van der Waals surface area contributed by atoms with Crippen molar-refractivity contribution >= 4 is 5.69 Å². The van der Waals surface area contributed by atoms with E-state index in [-0.39, 0.29) is 0 Å². The Hall–Kier alpha value is -3.26. The van der Waals surface area contributed by atoms with E-state index in [0.29, 0.717) is 11.4 Å². The van der Waals surface area contributed by atoms with E-state index in [1.807, 2.05) is 44.3 Å². The van der Waals surface area contributed by atoms with Gasteiger partial charge in [-0.1, -0.05) is 0 Å². The second-order valence-corrected chi connectivity index (χ2v) is 5.33. The van der Waals surface area contributed by atoms with Crippen LogP contribution in [0.15, 0.2) is 48.7 Å². The molecule has 0 radical (unpaired) electrons. The van der Waals surface area contributed by atoms with Crippen molar-refractivity contribution in [3.63, 3.8) is 0 Å². The monoisotopic (exact) mass is 304 g/mol. The molecule has 0 unspecified atom stereocenters. The molecule has 0 saturated carbocycles. The molecule has 0 aliphatic carbocycles. The Balaban J connectivity index is 1.85. The first-order valence-electron chi connectivity index (χ1n) is 7.17. The first-order valence-corrected chi connectivity index (χ1v) is 7.17. The Morgan fingerprint density at radius 2 is 1.83 bits per heavy atom. The van der Waals surface area contributed by atoms with Crippen molar-refractivity contribution in [3.8, 4) is 23.4 Å². The molecule has 0 saturated heterocycles.